The van der Waals surface area contributed by atoms with Crippen molar-refractivity contribution in [2.45, 2.75) is 6.04 Å². The summed E-state index contributed by atoms with van der Waals surface area (Å²) in [7, 11) is 1.68. The van der Waals surface area contributed by atoms with Crippen molar-refractivity contribution in [3.63, 3.8) is 0 Å². The van der Waals surface area contributed by atoms with Gasteiger partial charge in [-0.2, -0.15) is 0 Å². The number of hydrogen-bond donors (Lipinski definition) is 1. The molecule has 1 aromatic carbocycles. The minimum atomic E-state index is 0.0536. The summed E-state index contributed by atoms with van der Waals surface area (Å²) in [4.78, 5) is 4.06. The van der Waals surface area contributed by atoms with Crippen molar-refractivity contribution < 1.29 is 4.74 Å². The van der Waals surface area contributed by atoms with E-state index in [0.29, 0.717) is 11.6 Å². The van der Waals surface area contributed by atoms with Crippen LogP contribution in [0.5, 0.6) is 0 Å². The van der Waals surface area contributed by atoms with Gasteiger partial charge in [0, 0.05) is 13.3 Å². The Morgan fingerprint density at radius 1 is 1.28 bits per heavy atom. The molecule has 1 unspecified atom stereocenters. The first kappa shape index (κ1) is 12.9. The number of benzene rings is 1. The molecule has 18 heavy (non-hydrogen) atoms. The summed E-state index contributed by atoms with van der Waals surface area (Å²) < 4.78 is 5.24. The molecular formula is C14H15ClN2O. The lowest BCUT2D eigenvalue weighted by Gasteiger charge is -2.20. The first-order valence-electron chi connectivity index (χ1n) is 5.71. The van der Waals surface area contributed by atoms with Crippen molar-refractivity contribution in [3.8, 4) is 0 Å². The number of methoxy groups -OCH3 is 1. The van der Waals surface area contributed by atoms with Crippen LogP contribution in [0.4, 0.5) is 5.69 Å². The van der Waals surface area contributed by atoms with Crippen LogP contribution in [0, 0.1) is 0 Å². The maximum Gasteiger partial charge on any atom is 0.0748 e. The highest BCUT2D eigenvalue weighted by atomic mass is 35.5. The van der Waals surface area contributed by atoms with Gasteiger partial charge in [-0.15, -0.1) is 0 Å². The molecule has 0 radical (unpaired) electrons. The van der Waals surface area contributed by atoms with E-state index in [1.807, 2.05) is 18.2 Å². The molecule has 1 aromatic heterocycles. The van der Waals surface area contributed by atoms with Crippen molar-refractivity contribution in [1.82, 2.24) is 4.98 Å². The molecule has 1 N–H and O–H groups in total. The van der Waals surface area contributed by atoms with Crippen molar-refractivity contribution >= 4 is 17.3 Å². The summed E-state index contributed by atoms with van der Waals surface area (Å²) in [6, 6.07) is 11.9. The Bertz CT molecular complexity index is 490. The van der Waals surface area contributed by atoms with Crippen molar-refractivity contribution in [2.75, 3.05) is 19.0 Å². The smallest absolute Gasteiger partial charge is 0.0748 e. The van der Waals surface area contributed by atoms with Gasteiger partial charge in [-0.3, -0.25) is 4.98 Å². The summed E-state index contributed by atoms with van der Waals surface area (Å²) in [5.41, 5.74) is 1.96. The lowest BCUT2D eigenvalue weighted by molar-refractivity contribution is 0.186. The Morgan fingerprint density at radius 2 is 2.06 bits per heavy atom. The molecule has 94 valence electrons. The molecule has 0 aliphatic heterocycles. The van der Waals surface area contributed by atoms with Crippen LogP contribution in [0.25, 0.3) is 0 Å². The van der Waals surface area contributed by atoms with Crippen LogP contribution < -0.4 is 5.32 Å². The first-order chi connectivity index (χ1) is 8.81. The van der Waals surface area contributed by atoms with E-state index in [2.05, 4.69) is 22.4 Å². The molecule has 0 aliphatic carbocycles. The number of ether oxygens (including phenoxy) is 1. The highest BCUT2D eigenvalue weighted by Gasteiger charge is 2.12. The van der Waals surface area contributed by atoms with Crippen LogP contribution in [0.2, 0.25) is 5.02 Å². The van der Waals surface area contributed by atoms with Crippen LogP contribution in [-0.2, 0) is 4.74 Å². The van der Waals surface area contributed by atoms with Gasteiger partial charge in [-0.05, 0) is 11.6 Å². The predicted molar refractivity (Wildman–Crippen MR) is 73.9 cm³/mol. The Hall–Kier alpha value is -1.58. The second kappa shape index (κ2) is 6.38. The number of nitrogens with zero attached hydrogens (tertiary/aromatic N) is 1. The lowest BCUT2D eigenvalue weighted by atomic mass is 10.1. The van der Waals surface area contributed by atoms with Gasteiger partial charge >= 0.3 is 0 Å². The van der Waals surface area contributed by atoms with E-state index in [9.17, 15) is 0 Å². The molecule has 1 atom stereocenters. The molecule has 2 aromatic rings. The molecule has 3 nitrogen and oxygen atoms in total. The molecule has 0 bridgehead atoms. The fourth-order valence-electron chi connectivity index (χ4n) is 1.74. The van der Waals surface area contributed by atoms with E-state index < -0.39 is 0 Å². The van der Waals surface area contributed by atoms with Gasteiger partial charge in [0.25, 0.3) is 0 Å². The molecule has 0 saturated heterocycles. The SMILES string of the molecule is COCC(Nc1cnccc1Cl)c1ccccc1. The summed E-state index contributed by atoms with van der Waals surface area (Å²) in [5, 5.41) is 4.00. The number of anilines is 1. The third-order valence-corrected chi connectivity index (χ3v) is 2.96. The van der Waals surface area contributed by atoms with Crippen LogP contribution >= 0.6 is 11.6 Å². The minimum Gasteiger partial charge on any atom is -0.382 e. The Kier molecular flexibility index (Phi) is 4.56. The fraction of sp³-hybridized carbons (Fsp3) is 0.214. The van der Waals surface area contributed by atoms with E-state index in [1.54, 1.807) is 25.6 Å². The van der Waals surface area contributed by atoms with Gasteiger partial charge in [0.15, 0.2) is 0 Å². The number of hydrogen-bond acceptors (Lipinski definition) is 3. The second-order valence-corrected chi connectivity index (χ2v) is 4.33. The average Bonchev–Trinajstić information content (AvgIpc) is 2.42. The van der Waals surface area contributed by atoms with E-state index >= 15 is 0 Å². The summed E-state index contributed by atoms with van der Waals surface area (Å²) >= 11 is 6.11. The standard InChI is InChI=1S/C14H15ClN2O/c1-18-10-14(11-5-3-2-4-6-11)17-13-9-16-8-7-12(13)15/h2-9,14,17H,10H2,1H3. The maximum absolute atomic E-state index is 6.11. The zero-order valence-electron chi connectivity index (χ0n) is 10.1. The number of halogens is 1. The van der Waals surface area contributed by atoms with Gasteiger partial charge < -0.3 is 10.1 Å². The molecule has 0 spiro atoms. The molecular weight excluding hydrogens is 248 g/mol. The fourth-order valence-corrected chi connectivity index (χ4v) is 1.90. The van der Waals surface area contributed by atoms with Crippen molar-refractivity contribution in [3.05, 3.63) is 59.4 Å². The van der Waals surface area contributed by atoms with Crippen molar-refractivity contribution in [2.24, 2.45) is 0 Å². The van der Waals surface area contributed by atoms with Crippen LogP contribution in [0.1, 0.15) is 11.6 Å². The molecule has 1 heterocycles. The number of rotatable bonds is 5. The summed E-state index contributed by atoms with van der Waals surface area (Å²) in [6.07, 6.45) is 3.38. The molecule has 0 saturated carbocycles. The molecule has 0 aliphatic rings. The van der Waals surface area contributed by atoms with Gasteiger partial charge in [-0.1, -0.05) is 41.9 Å². The topological polar surface area (TPSA) is 34.1 Å². The molecule has 0 amide bonds. The maximum atomic E-state index is 6.11. The number of pyridine rings is 1. The van der Waals surface area contributed by atoms with Gasteiger partial charge in [0.2, 0.25) is 0 Å². The Balaban J connectivity index is 2.19. The predicted octanol–water partition coefficient (Wildman–Crippen LogP) is 3.53. The monoisotopic (exact) mass is 262 g/mol. The third kappa shape index (κ3) is 3.22. The molecule has 2 rings (SSSR count). The first-order valence-corrected chi connectivity index (χ1v) is 6.09. The van der Waals surface area contributed by atoms with E-state index in [4.69, 9.17) is 16.3 Å². The Morgan fingerprint density at radius 3 is 2.72 bits per heavy atom. The van der Waals surface area contributed by atoms with Crippen molar-refractivity contribution in [1.29, 1.82) is 0 Å². The zero-order chi connectivity index (χ0) is 12.8. The molecule has 4 heteroatoms. The minimum absolute atomic E-state index is 0.0536. The number of aromatic nitrogens is 1. The van der Waals surface area contributed by atoms with Crippen LogP contribution in [0.3, 0.4) is 0 Å². The third-order valence-electron chi connectivity index (χ3n) is 2.63. The van der Waals surface area contributed by atoms with E-state index in [-0.39, 0.29) is 6.04 Å². The summed E-state index contributed by atoms with van der Waals surface area (Å²) in [6.45, 7) is 0.565. The largest absolute Gasteiger partial charge is 0.382 e. The summed E-state index contributed by atoms with van der Waals surface area (Å²) in [5.74, 6) is 0. The van der Waals surface area contributed by atoms with Crippen LogP contribution in [-0.4, -0.2) is 18.7 Å². The van der Waals surface area contributed by atoms with Gasteiger partial charge in [0.05, 0.1) is 29.6 Å². The zero-order valence-corrected chi connectivity index (χ0v) is 10.9. The van der Waals surface area contributed by atoms with Gasteiger partial charge in [0.1, 0.15) is 0 Å². The molecule has 0 fully saturated rings. The Labute approximate surface area is 112 Å². The highest BCUT2D eigenvalue weighted by Crippen LogP contribution is 2.25. The van der Waals surface area contributed by atoms with Crippen LogP contribution in [0.15, 0.2) is 48.8 Å². The van der Waals surface area contributed by atoms with E-state index in [1.165, 1.54) is 0 Å². The highest BCUT2D eigenvalue weighted by molar-refractivity contribution is 6.33. The van der Waals surface area contributed by atoms with Gasteiger partial charge in [-0.25, -0.2) is 0 Å². The average molecular weight is 263 g/mol. The van der Waals surface area contributed by atoms with E-state index in [0.717, 1.165) is 11.3 Å². The lowest BCUT2D eigenvalue weighted by Crippen LogP contribution is -2.16. The normalized spacial score (nSPS) is 12.1. The number of nitrogens with one attached hydrogen (secondary N) is 1. The quantitative estimate of drug-likeness (QED) is 0.895. The second-order valence-electron chi connectivity index (χ2n) is 3.92.